The van der Waals surface area contributed by atoms with Crippen LogP contribution in [0.1, 0.15) is 33.6 Å². The van der Waals surface area contributed by atoms with Gasteiger partial charge in [-0.2, -0.15) is 0 Å². The molecule has 1 aromatic carbocycles. The lowest BCUT2D eigenvalue weighted by atomic mass is 10.1. The zero-order chi connectivity index (χ0) is 13.5. The zero-order valence-electron chi connectivity index (χ0n) is 11.1. The second kappa shape index (κ2) is 6.83. The molecular weight excluding hydrogens is 232 g/mol. The van der Waals surface area contributed by atoms with Crippen LogP contribution in [-0.2, 0) is 0 Å². The maximum Gasteiger partial charge on any atom is 0.296 e. The van der Waals surface area contributed by atoms with Crippen molar-refractivity contribution in [2.75, 3.05) is 11.9 Å². The number of benzene rings is 1. The Kier molecular flexibility index (Phi) is 5.42. The number of anilines is 1. The average molecular weight is 252 g/mol. The van der Waals surface area contributed by atoms with Gasteiger partial charge >= 0.3 is 0 Å². The van der Waals surface area contributed by atoms with E-state index >= 15 is 0 Å². The van der Waals surface area contributed by atoms with E-state index in [9.17, 15) is 10.1 Å². The van der Waals surface area contributed by atoms with Crippen molar-refractivity contribution in [3.05, 3.63) is 28.3 Å². The van der Waals surface area contributed by atoms with Gasteiger partial charge in [0.05, 0.1) is 17.6 Å². The summed E-state index contributed by atoms with van der Waals surface area (Å²) in [5.74, 6) is 0.527. The number of hydrogen-bond acceptors (Lipinski definition) is 4. The smallest absolute Gasteiger partial charge is 0.296 e. The number of ether oxygens (including phenoxy) is 1. The molecule has 0 saturated heterocycles. The highest BCUT2D eigenvalue weighted by Gasteiger charge is 2.17. The van der Waals surface area contributed by atoms with Gasteiger partial charge in [-0.05, 0) is 31.9 Å². The molecular formula is C13H20N2O3. The van der Waals surface area contributed by atoms with E-state index in [4.69, 9.17) is 4.74 Å². The van der Waals surface area contributed by atoms with Crippen LogP contribution in [0.3, 0.4) is 0 Å². The van der Waals surface area contributed by atoms with Crippen LogP contribution in [0.5, 0.6) is 5.75 Å². The largest absolute Gasteiger partial charge is 0.494 e. The molecule has 1 aromatic rings. The third-order valence-corrected chi connectivity index (χ3v) is 2.82. The summed E-state index contributed by atoms with van der Waals surface area (Å²) >= 11 is 0. The fraction of sp³-hybridized carbons (Fsp3) is 0.538. The summed E-state index contributed by atoms with van der Waals surface area (Å²) < 4.78 is 5.28. The van der Waals surface area contributed by atoms with Crippen LogP contribution in [0.15, 0.2) is 18.2 Å². The molecule has 0 aliphatic carbocycles. The summed E-state index contributed by atoms with van der Waals surface area (Å²) in [5, 5.41) is 14.2. The quantitative estimate of drug-likeness (QED) is 0.595. The van der Waals surface area contributed by atoms with Crippen LogP contribution in [0.4, 0.5) is 11.4 Å². The van der Waals surface area contributed by atoms with E-state index in [2.05, 4.69) is 19.2 Å². The molecule has 0 spiro atoms. The van der Waals surface area contributed by atoms with E-state index in [-0.39, 0.29) is 16.7 Å². The monoisotopic (exact) mass is 252 g/mol. The summed E-state index contributed by atoms with van der Waals surface area (Å²) in [5.41, 5.74) is 0.616. The Bertz CT molecular complexity index is 403. The molecule has 0 aromatic heterocycles. The molecule has 0 aliphatic heterocycles. The lowest BCUT2D eigenvalue weighted by molar-refractivity contribution is -0.384. The van der Waals surface area contributed by atoms with Gasteiger partial charge in [0.2, 0.25) is 0 Å². The SMILES string of the molecule is CCOc1ccc(NC(CC)CC)c([N+](=O)[O-])c1. The number of nitro benzene ring substituents is 1. The lowest BCUT2D eigenvalue weighted by Gasteiger charge is -2.16. The molecule has 0 bridgehead atoms. The Balaban J connectivity index is 2.99. The van der Waals surface area contributed by atoms with Gasteiger partial charge in [0.25, 0.3) is 5.69 Å². The van der Waals surface area contributed by atoms with Gasteiger partial charge < -0.3 is 10.1 Å². The summed E-state index contributed by atoms with van der Waals surface area (Å²) in [6.07, 6.45) is 1.86. The van der Waals surface area contributed by atoms with Crippen molar-refractivity contribution >= 4 is 11.4 Å². The van der Waals surface area contributed by atoms with E-state index in [0.717, 1.165) is 12.8 Å². The molecule has 100 valence electrons. The van der Waals surface area contributed by atoms with Crippen molar-refractivity contribution in [2.45, 2.75) is 39.7 Å². The Labute approximate surface area is 107 Å². The average Bonchev–Trinajstić information content (AvgIpc) is 2.37. The van der Waals surface area contributed by atoms with Gasteiger partial charge in [0.15, 0.2) is 0 Å². The van der Waals surface area contributed by atoms with Gasteiger partial charge in [-0.1, -0.05) is 13.8 Å². The maximum atomic E-state index is 11.0. The first kappa shape index (κ1) is 14.3. The van der Waals surface area contributed by atoms with E-state index in [0.29, 0.717) is 18.0 Å². The van der Waals surface area contributed by atoms with Crippen molar-refractivity contribution in [2.24, 2.45) is 0 Å². The van der Waals surface area contributed by atoms with Crippen LogP contribution in [0.2, 0.25) is 0 Å². The molecule has 5 nitrogen and oxygen atoms in total. The van der Waals surface area contributed by atoms with Crippen molar-refractivity contribution in [1.82, 2.24) is 0 Å². The summed E-state index contributed by atoms with van der Waals surface area (Å²) in [6, 6.07) is 5.18. The van der Waals surface area contributed by atoms with Crippen LogP contribution in [0.25, 0.3) is 0 Å². The molecule has 0 fully saturated rings. The Morgan fingerprint density at radius 1 is 1.33 bits per heavy atom. The minimum atomic E-state index is -0.382. The first-order valence-corrected chi connectivity index (χ1v) is 6.30. The predicted molar refractivity (Wildman–Crippen MR) is 72.3 cm³/mol. The summed E-state index contributed by atoms with van der Waals surface area (Å²) in [6.45, 7) is 6.46. The minimum Gasteiger partial charge on any atom is -0.494 e. The second-order valence-electron chi connectivity index (χ2n) is 4.03. The highest BCUT2D eigenvalue weighted by molar-refractivity contribution is 5.64. The molecule has 5 heteroatoms. The molecule has 0 atom stereocenters. The molecule has 0 amide bonds. The highest BCUT2D eigenvalue weighted by Crippen LogP contribution is 2.30. The van der Waals surface area contributed by atoms with E-state index in [1.165, 1.54) is 6.07 Å². The number of nitrogens with zero attached hydrogens (tertiary/aromatic N) is 1. The van der Waals surface area contributed by atoms with Gasteiger partial charge in [-0.15, -0.1) is 0 Å². The number of nitrogens with one attached hydrogen (secondary N) is 1. The van der Waals surface area contributed by atoms with Crippen molar-refractivity contribution < 1.29 is 9.66 Å². The van der Waals surface area contributed by atoms with Gasteiger partial charge in [0.1, 0.15) is 11.4 Å². The Morgan fingerprint density at radius 2 is 2.00 bits per heavy atom. The number of nitro groups is 1. The molecule has 0 heterocycles. The molecule has 0 radical (unpaired) electrons. The molecule has 0 saturated carbocycles. The molecule has 18 heavy (non-hydrogen) atoms. The Morgan fingerprint density at radius 3 is 2.50 bits per heavy atom. The molecule has 0 aliphatic rings. The standard InChI is InChI=1S/C13H20N2O3/c1-4-10(5-2)14-12-8-7-11(18-6-3)9-13(12)15(16)17/h7-10,14H,4-6H2,1-3H3. The fourth-order valence-electron chi connectivity index (χ4n) is 1.75. The molecule has 1 rings (SSSR count). The van der Waals surface area contributed by atoms with E-state index < -0.39 is 0 Å². The molecule has 0 unspecified atom stereocenters. The maximum absolute atomic E-state index is 11.0. The first-order chi connectivity index (χ1) is 8.62. The van der Waals surface area contributed by atoms with Gasteiger partial charge in [-0.25, -0.2) is 0 Å². The van der Waals surface area contributed by atoms with Crippen molar-refractivity contribution in [3.63, 3.8) is 0 Å². The fourth-order valence-corrected chi connectivity index (χ4v) is 1.75. The van der Waals surface area contributed by atoms with Crippen LogP contribution in [0, 0.1) is 10.1 Å². The van der Waals surface area contributed by atoms with E-state index in [1.54, 1.807) is 12.1 Å². The lowest BCUT2D eigenvalue weighted by Crippen LogP contribution is -2.17. The zero-order valence-corrected chi connectivity index (χ0v) is 11.1. The van der Waals surface area contributed by atoms with Crippen LogP contribution < -0.4 is 10.1 Å². The minimum absolute atomic E-state index is 0.0628. The van der Waals surface area contributed by atoms with Crippen molar-refractivity contribution in [1.29, 1.82) is 0 Å². The highest BCUT2D eigenvalue weighted by atomic mass is 16.6. The number of hydrogen-bond donors (Lipinski definition) is 1. The summed E-state index contributed by atoms with van der Waals surface area (Å²) in [7, 11) is 0. The normalized spacial score (nSPS) is 10.4. The van der Waals surface area contributed by atoms with E-state index in [1.807, 2.05) is 6.92 Å². The van der Waals surface area contributed by atoms with Gasteiger partial charge in [0, 0.05) is 6.04 Å². The predicted octanol–water partition coefficient (Wildman–Crippen LogP) is 3.59. The third kappa shape index (κ3) is 3.61. The Hall–Kier alpha value is -1.78. The first-order valence-electron chi connectivity index (χ1n) is 6.30. The van der Waals surface area contributed by atoms with Gasteiger partial charge in [-0.3, -0.25) is 10.1 Å². The second-order valence-corrected chi connectivity index (χ2v) is 4.03. The van der Waals surface area contributed by atoms with Crippen LogP contribution in [-0.4, -0.2) is 17.6 Å². The summed E-state index contributed by atoms with van der Waals surface area (Å²) in [4.78, 5) is 10.7. The number of rotatable bonds is 7. The third-order valence-electron chi connectivity index (χ3n) is 2.82. The van der Waals surface area contributed by atoms with Crippen molar-refractivity contribution in [3.8, 4) is 5.75 Å². The topological polar surface area (TPSA) is 64.4 Å². The van der Waals surface area contributed by atoms with Crippen LogP contribution >= 0.6 is 0 Å². The molecule has 1 N–H and O–H groups in total.